The Bertz CT molecular complexity index is 363. The number of carbonyl (C=O) groups excluding carboxylic acids is 1. The molecule has 0 N–H and O–H groups in total. The summed E-state index contributed by atoms with van der Waals surface area (Å²) in [6, 6.07) is 6.86. The molecule has 0 heterocycles. The highest BCUT2D eigenvalue weighted by atomic mass is 16.6. The van der Waals surface area contributed by atoms with E-state index in [1.807, 2.05) is 12.8 Å². The van der Waals surface area contributed by atoms with E-state index in [1.165, 1.54) is 0 Å². The molecular formula is C11H10O3. The smallest absolute Gasteiger partial charge is 0.389 e. The predicted molar refractivity (Wildman–Crippen MR) is 52.1 cm³/mol. The van der Waals surface area contributed by atoms with Crippen LogP contribution in [-0.2, 0) is 4.79 Å². The third-order valence-corrected chi connectivity index (χ3v) is 1.47. The van der Waals surface area contributed by atoms with Crippen molar-refractivity contribution in [1.82, 2.24) is 0 Å². The maximum atomic E-state index is 10.8. The van der Waals surface area contributed by atoms with E-state index in [0.29, 0.717) is 18.1 Å². The lowest BCUT2D eigenvalue weighted by Crippen LogP contribution is -2.05. The van der Waals surface area contributed by atoms with E-state index < -0.39 is 5.97 Å². The minimum absolute atomic E-state index is 0.345. The van der Waals surface area contributed by atoms with Gasteiger partial charge in [0.2, 0.25) is 0 Å². The number of esters is 1. The van der Waals surface area contributed by atoms with Gasteiger partial charge in [0, 0.05) is 5.92 Å². The lowest BCUT2D eigenvalue weighted by molar-refractivity contribution is -0.128. The molecule has 72 valence electrons. The molecule has 1 aromatic carbocycles. The highest BCUT2D eigenvalue weighted by molar-refractivity contribution is 5.89. The first-order chi connectivity index (χ1) is 6.77. The summed E-state index contributed by atoms with van der Waals surface area (Å²) in [6.45, 7) is 2.35. The van der Waals surface area contributed by atoms with E-state index in [0.717, 1.165) is 0 Å². The van der Waals surface area contributed by atoms with Crippen LogP contribution in [0.2, 0.25) is 0 Å². The molecule has 0 saturated carbocycles. The Hall–Kier alpha value is -1.95. The van der Waals surface area contributed by atoms with Gasteiger partial charge in [0.15, 0.2) is 11.5 Å². The van der Waals surface area contributed by atoms with Gasteiger partial charge in [-0.25, -0.2) is 4.79 Å². The fourth-order valence-corrected chi connectivity index (χ4v) is 0.939. The van der Waals surface area contributed by atoms with Gasteiger partial charge >= 0.3 is 5.97 Å². The van der Waals surface area contributed by atoms with Crippen LogP contribution in [0, 0.1) is 12.3 Å². The molecule has 0 aliphatic carbocycles. The zero-order valence-corrected chi connectivity index (χ0v) is 7.82. The third kappa shape index (κ3) is 2.53. The summed E-state index contributed by atoms with van der Waals surface area (Å²) < 4.78 is 10.1. The second-order valence-electron chi connectivity index (χ2n) is 2.41. The Morgan fingerprint density at radius 1 is 1.43 bits per heavy atom. The number of hydrogen-bond acceptors (Lipinski definition) is 3. The van der Waals surface area contributed by atoms with Gasteiger partial charge in [-0.15, -0.1) is 6.42 Å². The Morgan fingerprint density at radius 3 is 2.64 bits per heavy atom. The lowest BCUT2D eigenvalue weighted by atomic mass is 10.3. The predicted octanol–water partition coefficient (Wildman–Crippen LogP) is 1.62. The topological polar surface area (TPSA) is 35.5 Å². The van der Waals surface area contributed by atoms with Crippen molar-refractivity contribution in [3.05, 3.63) is 24.3 Å². The first-order valence-corrected chi connectivity index (χ1v) is 4.18. The molecule has 1 rings (SSSR count). The summed E-state index contributed by atoms with van der Waals surface area (Å²) in [7, 11) is 0. The van der Waals surface area contributed by atoms with Crippen LogP contribution in [0.5, 0.6) is 11.5 Å². The maximum Gasteiger partial charge on any atom is 0.389 e. The summed E-state index contributed by atoms with van der Waals surface area (Å²) in [5.41, 5.74) is 0. The summed E-state index contributed by atoms with van der Waals surface area (Å²) in [4.78, 5) is 10.8. The molecule has 0 aliphatic rings. The van der Waals surface area contributed by atoms with Crippen LogP contribution < -0.4 is 9.47 Å². The second kappa shape index (κ2) is 4.93. The number of ether oxygens (including phenoxy) is 2. The van der Waals surface area contributed by atoms with Crippen molar-refractivity contribution in [2.24, 2.45) is 0 Å². The summed E-state index contributed by atoms with van der Waals surface area (Å²) in [6.07, 6.45) is 4.88. The van der Waals surface area contributed by atoms with E-state index in [9.17, 15) is 4.79 Å². The zero-order chi connectivity index (χ0) is 10.4. The quantitative estimate of drug-likeness (QED) is 0.314. The minimum atomic E-state index is -0.725. The van der Waals surface area contributed by atoms with Crippen LogP contribution in [0.15, 0.2) is 24.3 Å². The van der Waals surface area contributed by atoms with Gasteiger partial charge in [0.1, 0.15) is 0 Å². The SMILES string of the molecule is C#CC(=O)Oc1ccccc1OCC. The fourth-order valence-electron chi connectivity index (χ4n) is 0.939. The monoisotopic (exact) mass is 190 g/mol. The average molecular weight is 190 g/mol. The summed E-state index contributed by atoms with van der Waals surface area (Å²) in [5, 5.41) is 0. The first kappa shape index (κ1) is 10.1. The van der Waals surface area contributed by atoms with E-state index in [1.54, 1.807) is 24.3 Å². The Kier molecular flexibility index (Phi) is 3.57. The van der Waals surface area contributed by atoms with Crippen LogP contribution in [0.1, 0.15) is 6.92 Å². The molecule has 3 heteroatoms. The van der Waals surface area contributed by atoms with Gasteiger partial charge in [-0.1, -0.05) is 12.1 Å². The van der Waals surface area contributed by atoms with Crippen LogP contribution in [0.3, 0.4) is 0 Å². The number of rotatable bonds is 3. The second-order valence-corrected chi connectivity index (χ2v) is 2.41. The van der Waals surface area contributed by atoms with E-state index in [-0.39, 0.29) is 0 Å². The van der Waals surface area contributed by atoms with E-state index >= 15 is 0 Å². The molecule has 0 spiro atoms. The van der Waals surface area contributed by atoms with E-state index in [4.69, 9.17) is 15.9 Å². The highest BCUT2D eigenvalue weighted by Crippen LogP contribution is 2.26. The molecular weight excluding hydrogens is 180 g/mol. The minimum Gasteiger partial charge on any atom is -0.490 e. The number of benzene rings is 1. The van der Waals surface area contributed by atoms with Crippen LogP contribution >= 0.6 is 0 Å². The fraction of sp³-hybridized carbons (Fsp3) is 0.182. The average Bonchev–Trinajstić information content (AvgIpc) is 2.21. The third-order valence-electron chi connectivity index (χ3n) is 1.47. The summed E-state index contributed by atoms with van der Waals surface area (Å²) >= 11 is 0. The van der Waals surface area contributed by atoms with Gasteiger partial charge in [-0.05, 0) is 19.1 Å². The van der Waals surface area contributed by atoms with Gasteiger partial charge < -0.3 is 9.47 Å². The Balaban J connectivity index is 2.85. The van der Waals surface area contributed by atoms with Gasteiger partial charge in [0.05, 0.1) is 6.61 Å². The number of hydrogen-bond donors (Lipinski definition) is 0. The van der Waals surface area contributed by atoms with Crippen molar-refractivity contribution in [3.8, 4) is 23.8 Å². The summed E-state index contributed by atoms with van der Waals surface area (Å²) in [5.74, 6) is 2.00. The van der Waals surface area contributed by atoms with Crippen molar-refractivity contribution >= 4 is 5.97 Å². The molecule has 0 unspecified atom stereocenters. The van der Waals surface area contributed by atoms with Crippen LogP contribution in [-0.4, -0.2) is 12.6 Å². The van der Waals surface area contributed by atoms with Gasteiger partial charge in [-0.3, -0.25) is 0 Å². The molecule has 0 radical (unpaired) electrons. The Labute approximate surface area is 82.6 Å². The molecule has 0 saturated heterocycles. The zero-order valence-electron chi connectivity index (χ0n) is 7.82. The van der Waals surface area contributed by atoms with Crippen molar-refractivity contribution in [2.45, 2.75) is 6.92 Å². The standard InChI is InChI=1S/C11H10O3/c1-3-11(12)14-10-8-6-5-7-9(10)13-4-2/h1,5-8H,4H2,2H3. The normalized spacial score (nSPS) is 8.86. The van der Waals surface area contributed by atoms with Crippen molar-refractivity contribution in [1.29, 1.82) is 0 Å². The molecule has 0 fully saturated rings. The maximum absolute atomic E-state index is 10.8. The van der Waals surface area contributed by atoms with Gasteiger partial charge in [0.25, 0.3) is 0 Å². The van der Waals surface area contributed by atoms with Crippen molar-refractivity contribution < 1.29 is 14.3 Å². The first-order valence-electron chi connectivity index (χ1n) is 4.18. The molecule has 1 aromatic rings. The number of para-hydroxylation sites is 2. The van der Waals surface area contributed by atoms with E-state index in [2.05, 4.69) is 0 Å². The lowest BCUT2D eigenvalue weighted by Gasteiger charge is -2.07. The van der Waals surface area contributed by atoms with Crippen molar-refractivity contribution in [3.63, 3.8) is 0 Å². The molecule has 0 amide bonds. The molecule has 0 atom stereocenters. The molecule has 0 aromatic heterocycles. The largest absolute Gasteiger partial charge is 0.490 e. The number of carbonyl (C=O) groups is 1. The van der Waals surface area contributed by atoms with Crippen molar-refractivity contribution in [2.75, 3.05) is 6.61 Å². The van der Waals surface area contributed by atoms with Crippen LogP contribution in [0.25, 0.3) is 0 Å². The molecule has 0 bridgehead atoms. The highest BCUT2D eigenvalue weighted by Gasteiger charge is 2.06. The van der Waals surface area contributed by atoms with Crippen LogP contribution in [0.4, 0.5) is 0 Å². The number of terminal acetylenes is 1. The molecule has 14 heavy (non-hydrogen) atoms. The van der Waals surface area contributed by atoms with Gasteiger partial charge in [-0.2, -0.15) is 0 Å². The Morgan fingerprint density at radius 2 is 2.07 bits per heavy atom. The molecule has 0 aliphatic heterocycles. The molecule has 3 nitrogen and oxygen atoms in total.